The average molecular weight is 318 g/mol. The highest BCUT2D eigenvalue weighted by Crippen LogP contribution is 2.22. The lowest BCUT2D eigenvalue weighted by molar-refractivity contribution is -0.126. The molecule has 22 heavy (non-hydrogen) atoms. The molecule has 6 heteroatoms. The van der Waals surface area contributed by atoms with Crippen molar-refractivity contribution in [3.05, 3.63) is 52.5 Å². The number of amides is 2. The van der Waals surface area contributed by atoms with Crippen molar-refractivity contribution in [3.8, 4) is 0 Å². The summed E-state index contributed by atoms with van der Waals surface area (Å²) in [5, 5.41) is 4.70. The van der Waals surface area contributed by atoms with E-state index in [2.05, 4.69) is 5.32 Å². The molecule has 0 radical (unpaired) electrons. The molecule has 1 aromatic carbocycles. The van der Waals surface area contributed by atoms with Crippen molar-refractivity contribution in [2.75, 3.05) is 11.4 Å². The van der Waals surface area contributed by atoms with Crippen molar-refractivity contribution in [1.29, 1.82) is 0 Å². The van der Waals surface area contributed by atoms with E-state index in [-0.39, 0.29) is 24.1 Å². The molecule has 1 aromatic heterocycles. The minimum Gasteiger partial charge on any atom is -0.344 e. The Bertz CT molecular complexity index is 670. The Morgan fingerprint density at radius 3 is 2.77 bits per heavy atom. The molecule has 1 aliphatic rings. The third kappa shape index (κ3) is 3.17. The minimum atomic E-state index is -0.502. The Morgan fingerprint density at radius 1 is 1.32 bits per heavy atom. The summed E-state index contributed by atoms with van der Waals surface area (Å²) in [6.07, 6.45) is 0.852. The summed E-state index contributed by atoms with van der Waals surface area (Å²) >= 11 is 1.52. The van der Waals surface area contributed by atoms with Crippen molar-refractivity contribution in [1.82, 2.24) is 5.32 Å². The van der Waals surface area contributed by atoms with Crippen LogP contribution in [0.5, 0.6) is 0 Å². The summed E-state index contributed by atoms with van der Waals surface area (Å²) in [6, 6.07) is 9.08. The molecule has 1 aliphatic heterocycles. The van der Waals surface area contributed by atoms with E-state index in [4.69, 9.17) is 0 Å². The zero-order valence-electron chi connectivity index (χ0n) is 11.8. The standard InChI is InChI=1S/C16H15FN2O2S/c17-11-3-5-12(6-4-11)19-8-7-14(16(19)21)18-15(20)10-13-2-1-9-22-13/h1-6,9,14H,7-8,10H2,(H,18,20). The topological polar surface area (TPSA) is 49.4 Å². The third-order valence-corrected chi connectivity index (χ3v) is 4.47. The Kier molecular flexibility index (Phi) is 4.20. The Balaban J connectivity index is 1.61. The molecule has 0 aliphatic carbocycles. The lowest BCUT2D eigenvalue weighted by Gasteiger charge is -2.17. The largest absolute Gasteiger partial charge is 0.344 e. The highest BCUT2D eigenvalue weighted by Gasteiger charge is 2.33. The summed E-state index contributed by atoms with van der Waals surface area (Å²) in [6.45, 7) is 0.522. The highest BCUT2D eigenvalue weighted by atomic mass is 32.1. The molecular weight excluding hydrogens is 303 g/mol. The summed E-state index contributed by atoms with van der Waals surface area (Å²) in [7, 11) is 0. The summed E-state index contributed by atoms with van der Waals surface area (Å²) in [5.74, 6) is -0.635. The van der Waals surface area contributed by atoms with Crippen LogP contribution in [-0.2, 0) is 16.0 Å². The lowest BCUT2D eigenvalue weighted by atomic mass is 10.2. The molecule has 2 aromatic rings. The maximum Gasteiger partial charge on any atom is 0.249 e. The number of nitrogens with zero attached hydrogens (tertiary/aromatic N) is 1. The van der Waals surface area contributed by atoms with Gasteiger partial charge in [-0.15, -0.1) is 11.3 Å². The van der Waals surface area contributed by atoms with Crippen LogP contribution < -0.4 is 10.2 Å². The molecule has 0 saturated carbocycles. The first-order valence-electron chi connectivity index (χ1n) is 7.02. The van der Waals surface area contributed by atoms with Crippen LogP contribution in [0, 0.1) is 5.82 Å². The molecule has 1 fully saturated rings. The van der Waals surface area contributed by atoms with Crippen molar-refractivity contribution in [2.45, 2.75) is 18.9 Å². The van der Waals surface area contributed by atoms with Gasteiger partial charge in [0, 0.05) is 17.1 Å². The molecule has 1 saturated heterocycles. The zero-order chi connectivity index (χ0) is 15.5. The van der Waals surface area contributed by atoms with E-state index in [1.54, 1.807) is 17.0 Å². The third-order valence-electron chi connectivity index (χ3n) is 3.59. The fourth-order valence-corrected chi connectivity index (χ4v) is 3.21. The second-order valence-electron chi connectivity index (χ2n) is 5.13. The molecule has 1 N–H and O–H groups in total. The molecule has 2 heterocycles. The van der Waals surface area contributed by atoms with Crippen LogP contribution in [0.4, 0.5) is 10.1 Å². The van der Waals surface area contributed by atoms with Gasteiger partial charge in [-0.3, -0.25) is 9.59 Å². The summed E-state index contributed by atoms with van der Waals surface area (Å²) in [4.78, 5) is 26.9. The number of carbonyl (C=O) groups excluding carboxylic acids is 2. The molecule has 3 rings (SSSR count). The van der Waals surface area contributed by atoms with E-state index < -0.39 is 6.04 Å². The summed E-state index contributed by atoms with van der Waals surface area (Å²) < 4.78 is 12.9. The number of halogens is 1. The lowest BCUT2D eigenvalue weighted by Crippen LogP contribution is -2.42. The summed E-state index contributed by atoms with van der Waals surface area (Å²) in [5.41, 5.74) is 0.654. The fraction of sp³-hybridized carbons (Fsp3) is 0.250. The van der Waals surface area contributed by atoms with E-state index in [0.717, 1.165) is 4.88 Å². The SMILES string of the molecule is O=C(Cc1cccs1)NC1CCN(c2ccc(F)cc2)C1=O. The smallest absolute Gasteiger partial charge is 0.249 e. The average Bonchev–Trinajstić information content (AvgIpc) is 3.11. The number of thiophene rings is 1. The van der Waals surface area contributed by atoms with E-state index in [9.17, 15) is 14.0 Å². The molecule has 0 spiro atoms. The minimum absolute atomic E-state index is 0.147. The first-order valence-corrected chi connectivity index (χ1v) is 7.90. The number of hydrogen-bond acceptors (Lipinski definition) is 3. The monoisotopic (exact) mass is 318 g/mol. The Labute approximate surface area is 131 Å². The molecule has 114 valence electrons. The first kappa shape index (κ1) is 14.7. The Hall–Kier alpha value is -2.21. The predicted octanol–water partition coefficient (Wildman–Crippen LogP) is 2.35. The number of carbonyl (C=O) groups is 2. The number of nitrogens with one attached hydrogen (secondary N) is 1. The molecular formula is C16H15FN2O2S. The van der Waals surface area contributed by atoms with E-state index in [1.165, 1.54) is 23.5 Å². The van der Waals surface area contributed by atoms with E-state index in [0.29, 0.717) is 18.7 Å². The van der Waals surface area contributed by atoms with Crippen molar-refractivity contribution in [2.24, 2.45) is 0 Å². The molecule has 0 bridgehead atoms. The van der Waals surface area contributed by atoms with Crippen molar-refractivity contribution < 1.29 is 14.0 Å². The van der Waals surface area contributed by atoms with Crippen LogP contribution in [0.1, 0.15) is 11.3 Å². The number of rotatable bonds is 4. The van der Waals surface area contributed by atoms with Gasteiger partial charge in [-0.25, -0.2) is 4.39 Å². The second kappa shape index (κ2) is 6.27. The number of benzene rings is 1. The van der Waals surface area contributed by atoms with E-state index >= 15 is 0 Å². The zero-order valence-corrected chi connectivity index (χ0v) is 12.6. The van der Waals surface area contributed by atoms with Gasteiger partial charge >= 0.3 is 0 Å². The van der Waals surface area contributed by atoms with Gasteiger partial charge in [-0.1, -0.05) is 6.07 Å². The fourth-order valence-electron chi connectivity index (χ4n) is 2.51. The normalized spacial score (nSPS) is 17.8. The van der Waals surface area contributed by atoms with Gasteiger partial charge in [-0.2, -0.15) is 0 Å². The van der Waals surface area contributed by atoms with Gasteiger partial charge in [-0.05, 0) is 42.1 Å². The van der Waals surface area contributed by atoms with Crippen molar-refractivity contribution in [3.63, 3.8) is 0 Å². The second-order valence-corrected chi connectivity index (χ2v) is 6.16. The van der Waals surface area contributed by atoms with Gasteiger partial charge in [0.1, 0.15) is 11.9 Å². The quantitative estimate of drug-likeness (QED) is 0.941. The first-order chi connectivity index (χ1) is 10.6. The van der Waals surface area contributed by atoms with E-state index in [1.807, 2.05) is 17.5 Å². The maximum atomic E-state index is 12.9. The van der Waals surface area contributed by atoms with Gasteiger partial charge < -0.3 is 10.2 Å². The molecule has 2 amide bonds. The van der Waals surface area contributed by atoms with Crippen LogP contribution in [-0.4, -0.2) is 24.4 Å². The number of anilines is 1. The van der Waals surface area contributed by atoms with Gasteiger partial charge in [0.05, 0.1) is 6.42 Å². The molecule has 1 atom stereocenters. The predicted molar refractivity (Wildman–Crippen MR) is 83.3 cm³/mol. The van der Waals surface area contributed by atoms with Crippen LogP contribution >= 0.6 is 11.3 Å². The maximum absolute atomic E-state index is 12.9. The molecule has 1 unspecified atom stereocenters. The Morgan fingerprint density at radius 2 is 2.09 bits per heavy atom. The van der Waals surface area contributed by atoms with Gasteiger partial charge in [0.2, 0.25) is 11.8 Å². The highest BCUT2D eigenvalue weighted by molar-refractivity contribution is 7.10. The van der Waals surface area contributed by atoms with Gasteiger partial charge in [0.25, 0.3) is 0 Å². The number of hydrogen-bond donors (Lipinski definition) is 1. The van der Waals surface area contributed by atoms with Crippen LogP contribution in [0.25, 0.3) is 0 Å². The molecule has 4 nitrogen and oxygen atoms in total. The van der Waals surface area contributed by atoms with Gasteiger partial charge in [0.15, 0.2) is 0 Å². The van der Waals surface area contributed by atoms with Crippen LogP contribution in [0.2, 0.25) is 0 Å². The van der Waals surface area contributed by atoms with Crippen molar-refractivity contribution >= 4 is 28.8 Å². The van der Waals surface area contributed by atoms with Crippen LogP contribution in [0.3, 0.4) is 0 Å². The van der Waals surface area contributed by atoms with Crippen LogP contribution in [0.15, 0.2) is 41.8 Å².